The molecule has 0 heterocycles. The summed E-state index contributed by atoms with van der Waals surface area (Å²) >= 11 is 5.43. The van der Waals surface area contributed by atoms with Gasteiger partial charge in [-0.15, -0.1) is 0 Å². The van der Waals surface area contributed by atoms with Gasteiger partial charge in [-0.2, -0.15) is 0 Å². The zero-order valence-corrected chi connectivity index (χ0v) is 16.0. The van der Waals surface area contributed by atoms with E-state index in [9.17, 15) is 13.2 Å². The van der Waals surface area contributed by atoms with E-state index in [2.05, 4.69) is 43.8 Å². The maximum Gasteiger partial charge on any atom is 0.256 e. The number of amides is 1. The topological polar surface area (TPSA) is 89.3 Å². The van der Waals surface area contributed by atoms with Gasteiger partial charge in [-0.1, -0.05) is 0 Å². The molecule has 2 rings (SSSR count). The Kier molecular flexibility index (Phi) is 5.25. The summed E-state index contributed by atoms with van der Waals surface area (Å²) in [5.74, 6) is -0.415. The van der Waals surface area contributed by atoms with Crippen molar-refractivity contribution in [2.24, 2.45) is 5.14 Å². The molecular formula is C14H12BrIN2O3S. The summed E-state index contributed by atoms with van der Waals surface area (Å²) in [4.78, 5) is 12.3. The molecule has 0 fully saturated rings. The predicted octanol–water partition coefficient (Wildman–Crippen LogP) is 3.26. The fraction of sp³-hybridized carbons (Fsp3) is 0.0714. The Morgan fingerprint density at radius 1 is 1.23 bits per heavy atom. The van der Waals surface area contributed by atoms with Gasteiger partial charge in [-0.3, -0.25) is 4.79 Å². The number of carbonyl (C=O) groups is 1. The number of anilines is 1. The number of hydrogen-bond acceptors (Lipinski definition) is 3. The van der Waals surface area contributed by atoms with Gasteiger partial charge in [0, 0.05) is 13.7 Å². The molecule has 8 heteroatoms. The first-order valence-corrected chi connectivity index (χ1v) is 9.50. The van der Waals surface area contributed by atoms with Crippen LogP contribution in [0.3, 0.4) is 0 Å². The summed E-state index contributed by atoms with van der Waals surface area (Å²) in [6, 6.07) is 9.68. The van der Waals surface area contributed by atoms with Gasteiger partial charge in [0.1, 0.15) is 0 Å². The number of primary sulfonamides is 1. The van der Waals surface area contributed by atoms with E-state index in [0.717, 1.165) is 9.13 Å². The third-order valence-corrected chi connectivity index (χ3v) is 5.22. The molecule has 0 aromatic heterocycles. The van der Waals surface area contributed by atoms with Crippen molar-refractivity contribution in [2.45, 2.75) is 11.8 Å². The van der Waals surface area contributed by atoms with E-state index in [-0.39, 0.29) is 10.5 Å². The third kappa shape index (κ3) is 4.06. The van der Waals surface area contributed by atoms with Gasteiger partial charge in [0.15, 0.2) is 0 Å². The second-order valence-electron chi connectivity index (χ2n) is 4.60. The molecule has 0 bridgehead atoms. The van der Waals surface area contributed by atoms with Gasteiger partial charge >= 0.3 is 0 Å². The number of aryl methyl sites for hydroxylation is 1. The summed E-state index contributed by atoms with van der Waals surface area (Å²) in [7, 11) is -3.86. The lowest BCUT2D eigenvalue weighted by Crippen LogP contribution is -2.16. The molecule has 116 valence electrons. The van der Waals surface area contributed by atoms with Crippen LogP contribution < -0.4 is 10.5 Å². The van der Waals surface area contributed by atoms with E-state index in [1.54, 1.807) is 6.07 Å². The van der Waals surface area contributed by atoms with Gasteiger partial charge < -0.3 is 5.32 Å². The molecule has 1 amide bonds. The molecule has 2 aromatic rings. The van der Waals surface area contributed by atoms with Crippen LogP contribution in [-0.4, -0.2) is 14.3 Å². The van der Waals surface area contributed by atoms with Crippen LogP contribution in [-0.2, 0) is 10.0 Å². The van der Waals surface area contributed by atoms with Gasteiger partial charge in [0.25, 0.3) is 5.91 Å². The maximum absolute atomic E-state index is 12.4. The van der Waals surface area contributed by atoms with E-state index in [0.29, 0.717) is 10.2 Å². The van der Waals surface area contributed by atoms with Gasteiger partial charge in [0.2, 0.25) is 10.0 Å². The fourth-order valence-electron chi connectivity index (χ4n) is 1.81. The first-order valence-electron chi connectivity index (χ1n) is 6.08. The molecule has 22 heavy (non-hydrogen) atoms. The second-order valence-corrected chi connectivity index (χ2v) is 8.26. The van der Waals surface area contributed by atoms with E-state index in [1.807, 2.05) is 19.1 Å². The highest BCUT2D eigenvalue weighted by Crippen LogP contribution is 2.23. The smallest absolute Gasteiger partial charge is 0.256 e. The van der Waals surface area contributed by atoms with Crippen molar-refractivity contribution < 1.29 is 13.2 Å². The molecule has 0 aliphatic carbocycles. The molecule has 0 spiro atoms. The normalized spacial score (nSPS) is 11.3. The van der Waals surface area contributed by atoms with Gasteiger partial charge in [-0.05, 0) is 87.4 Å². The van der Waals surface area contributed by atoms with Crippen molar-refractivity contribution in [1.29, 1.82) is 0 Å². The number of benzene rings is 2. The van der Waals surface area contributed by atoms with Crippen molar-refractivity contribution >= 4 is 60.1 Å². The fourth-order valence-corrected chi connectivity index (χ4v) is 3.43. The highest BCUT2D eigenvalue weighted by atomic mass is 127. The van der Waals surface area contributed by atoms with Gasteiger partial charge in [-0.25, -0.2) is 13.6 Å². The first kappa shape index (κ1) is 17.4. The van der Waals surface area contributed by atoms with Crippen LogP contribution in [0.15, 0.2) is 45.8 Å². The summed E-state index contributed by atoms with van der Waals surface area (Å²) in [6.07, 6.45) is 0. The summed E-state index contributed by atoms with van der Waals surface area (Å²) < 4.78 is 24.3. The quantitative estimate of drug-likeness (QED) is 0.642. The standard InChI is InChI=1S/C14H12BrIN2O3S/c1-8-6-9(16)2-5-13(8)18-14(19)11-7-10(22(17,20)21)3-4-12(11)15/h2-7H,1H3,(H,18,19)(H2,17,20,21). The molecule has 0 aliphatic rings. The van der Waals surface area contributed by atoms with Crippen molar-refractivity contribution in [2.75, 3.05) is 5.32 Å². The van der Waals surface area contributed by atoms with E-state index in [4.69, 9.17) is 5.14 Å². The van der Waals surface area contributed by atoms with Crippen molar-refractivity contribution in [3.63, 3.8) is 0 Å². The number of carbonyl (C=O) groups excluding carboxylic acids is 1. The van der Waals surface area contributed by atoms with Crippen molar-refractivity contribution in [3.8, 4) is 0 Å². The average molecular weight is 495 g/mol. The summed E-state index contributed by atoms with van der Waals surface area (Å²) in [5, 5.41) is 7.86. The molecule has 3 N–H and O–H groups in total. The lowest BCUT2D eigenvalue weighted by molar-refractivity contribution is 0.102. The van der Waals surface area contributed by atoms with Crippen LogP contribution in [0.25, 0.3) is 0 Å². The third-order valence-electron chi connectivity index (χ3n) is 2.95. The minimum absolute atomic E-state index is 0.111. The highest BCUT2D eigenvalue weighted by molar-refractivity contribution is 14.1. The molecule has 0 saturated carbocycles. The molecule has 0 aliphatic heterocycles. The Morgan fingerprint density at radius 2 is 1.91 bits per heavy atom. The summed E-state index contributed by atoms with van der Waals surface area (Å²) in [6.45, 7) is 1.88. The van der Waals surface area contributed by atoms with E-state index < -0.39 is 15.9 Å². The second kappa shape index (κ2) is 6.65. The molecule has 5 nitrogen and oxygen atoms in total. The van der Waals surface area contributed by atoms with Crippen molar-refractivity contribution in [1.82, 2.24) is 0 Å². The number of nitrogens with two attached hydrogens (primary N) is 1. The summed E-state index contributed by atoms with van der Waals surface area (Å²) in [5.41, 5.74) is 1.78. The zero-order valence-electron chi connectivity index (χ0n) is 11.4. The van der Waals surface area contributed by atoms with E-state index in [1.165, 1.54) is 18.2 Å². The van der Waals surface area contributed by atoms with Crippen LogP contribution in [0.1, 0.15) is 15.9 Å². The van der Waals surface area contributed by atoms with Crippen LogP contribution in [0.2, 0.25) is 0 Å². The van der Waals surface area contributed by atoms with Crippen LogP contribution in [0, 0.1) is 10.5 Å². The van der Waals surface area contributed by atoms with Crippen LogP contribution >= 0.6 is 38.5 Å². The number of nitrogens with one attached hydrogen (secondary N) is 1. The lowest BCUT2D eigenvalue weighted by Gasteiger charge is -2.11. The predicted molar refractivity (Wildman–Crippen MR) is 97.4 cm³/mol. The molecule has 0 unspecified atom stereocenters. The maximum atomic E-state index is 12.4. The first-order chi connectivity index (χ1) is 10.2. The molecule has 0 saturated heterocycles. The lowest BCUT2D eigenvalue weighted by atomic mass is 10.1. The average Bonchev–Trinajstić information content (AvgIpc) is 2.41. The Hall–Kier alpha value is -0.970. The molecule has 0 radical (unpaired) electrons. The number of sulfonamides is 1. The van der Waals surface area contributed by atoms with Crippen LogP contribution in [0.4, 0.5) is 5.69 Å². The van der Waals surface area contributed by atoms with Crippen molar-refractivity contribution in [3.05, 3.63) is 55.6 Å². The van der Waals surface area contributed by atoms with Crippen LogP contribution in [0.5, 0.6) is 0 Å². The Morgan fingerprint density at radius 3 is 2.50 bits per heavy atom. The monoisotopic (exact) mass is 494 g/mol. The SMILES string of the molecule is Cc1cc(I)ccc1NC(=O)c1cc(S(N)(=O)=O)ccc1Br. The zero-order chi connectivity index (χ0) is 16.5. The molecule has 0 atom stereocenters. The Balaban J connectivity index is 2.37. The number of halogens is 2. The molecular weight excluding hydrogens is 483 g/mol. The Labute approximate surface area is 150 Å². The van der Waals surface area contributed by atoms with E-state index >= 15 is 0 Å². The highest BCUT2D eigenvalue weighted by Gasteiger charge is 2.16. The van der Waals surface area contributed by atoms with Gasteiger partial charge in [0.05, 0.1) is 10.5 Å². The number of hydrogen-bond donors (Lipinski definition) is 2. The largest absolute Gasteiger partial charge is 0.322 e. The minimum Gasteiger partial charge on any atom is -0.322 e. The minimum atomic E-state index is -3.86. The number of rotatable bonds is 3. The Bertz CT molecular complexity index is 853. The molecule has 2 aromatic carbocycles.